The lowest BCUT2D eigenvalue weighted by molar-refractivity contribution is -0.704. The lowest BCUT2D eigenvalue weighted by Crippen LogP contribution is -3.00. The zero-order valence-electron chi connectivity index (χ0n) is 26.6. The Labute approximate surface area is 287 Å². The van der Waals surface area contributed by atoms with E-state index in [1.165, 1.54) is 69.1 Å². The molecule has 0 saturated carbocycles. The minimum Gasteiger partial charge on any atom is -1.00 e. The van der Waals surface area contributed by atoms with Gasteiger partial charge in [0, 0.05) is 29.7 Å². The van der Waals surface area contributed by atoms with Crippen molar-refractivity contribution in [3.8, 4) is 5.75 Å². The van der Waals surface area contributed by atoms with Gasteiger partial charge >= 0.3 is 0 Å². The van der Waals surface area contributed by atoms with Crippen LogP contribution in [0, 0.1) is 0 Å². The number of hydrogen-bond donors (Lipinski definition) is 0. The molecule has 5 nitrogen and oxygen atoms in total. The second-order valence-electron chi connectivity index (χ2n) is 11.3. The van der Waals surface area contributed by atoms with Crippen LogP contribution in [0.1, 0.15) is 124 Å². The van der Waals surface area contributed by atoms with Crippen molar-refractivity contribution in [2.45, 2.75) is 110 Å². The van der Waals surface area contributed by atoms with E-state index in [1.54, 1.807) is 42.5 Å². The second-order valence-corrected chi connectivity index (χ2v) is 11.7. The first-order valence-corrected chi connectivity index (χ1v) is 16.7. The summed E-state index contributed by atoms with van der Waals surface area (Å²) in [6, 6.07) is 19.8. The summed E-state index contributed by atoms with van der Waals surface area (Å²) >= 11 is 6.57. The van der Waals surface area contributed by atoms with Gasteiger partial charge in [0.15, 0.2) is 6.20 Å². The van der Waals surface area contributed by atoms with Gasteiger partial charge in [-0.15, -0.1) is 0 Å². The molecule has 3 aromatic rings. The second kappa shape index (κ2) is 22.1. The van der Waals surface area contributed by atoms with Crippen LogP contribution in [0.25, 0.3) is 0 Å². The number of aryl methyl sites for hydroxylation is 1. The smallest absolute Gasteiger partial charge is 0.261 e. The summed E-state index contributed by atoms with van der Waals surface area (Å²) in [6.45, 7) is 5.91. The van der Waals surface area contributed by atoms with Crippen LogP contribution in [0.3, 0.4) is 0 Å². The fraction of sp³-hybridized carbons (Fsp3) is 0.486. The first-order valence-electron chi connectivity index (χ1n) is 16.4. The van der Waals surface area contributed by atoms with Gasteiger partial charge in [0.25, 0.3) is 11.8 Å². The third-order valence-corrected chi connectivity index (χ3v) is 8.06. The Bertz CT molecular complexity index is 1250. The number of benzene rings is 2. The van der Waals surface area contributed by atoms with Gasteiger partial charge in [0.2, 0.25) is 5.69 Å². The number of nitrogens with zero attached hydrogens (tertiary/aromatic N) is 2. The van der Waals surface area contributed by atoms with Gasteiger partial charge in [-0.05, 0) is 36.8 Å². The van der Waals surface area contributed by atoms with Gasteiger partial charge in [-0.1, -0.05) is 120 Å². The number of hydrogen-bond acceptors (Lipinski definition) is 3. The Morgan fingerprint density at radius 3 is 1.91 bits per heavy atom. The van der Waals surface area contributed by atoms with Gasteiger partial charge < -0.3 is 28.7 Å². The summed E-state index contributed by atoms with van der Waals surface area (Å²) in [5.41, 5.74) is 1.70. The number of halogens is 2. The molecular weight excluding hydrogens is 683 g/mol. The molecule has 1 aromatic heterocycles. The molecular formula is C37H50ClIN2O3. The number of aromatic nitrogens is 1. The van der Waals surface area contributed by atoms with Crippen molar-refractivity contribution in [1.29, 1.82) is 0 Å². The Morgan fingerprint density at radius 2 is 1.30 bits per heavy atom. The molecule has 2 amide bonds. The van der Waals surface area contributed by atoms with Crippen molar-refractivity contribution < 1.29 is 42.9 Å². The molecule has 3 rings (SSSR count). The standard InChI is InChI=1S/C37H50ClN2O3.HI/c1-3-5-6-7-8-9-10-11-12-13-14-20-28-43-35-25-24-32(29-34(35)38)37(42)40(36(41)31-21-16-15-17-22-31)30-33-23-18-19-27-39(33)26-4-2;/h15-19,21-25,27,29H,3-14,20,26,28,30H2,1-2H3;1H/q+1;/p-1. The first-order chi connectivity index (χ1) is 21.0. The van der Waals surface area contributed by atoms with Gasteiger partial charge in [0.1, 0.15) is 18.8 Å². The summed E-state index contributed by atoms with van der Waals surface area (Å²) in [5.74, 6) is -0.179. The van der Waals surface area contributed by atoms with E-state index in [2.05, 4.69) is 18.4 Å². The molecule has 0 fully saturated rings. The number of unbranched alkanes of at least 4 members (excludes halogenated alkanes) is 11. The highest BCUT2D eigenvalue weighted by Crippen LogP contribution is 2.27. The predicted molar refractivity (Wildman–Crippen MR) is 176 cm³/mol. The monoisotopic (exact) mass is 732 g/mol. The summed E-state index contributed by atoms with van der Waals surface area (Å²) < 4.78 is 8.03. The van der Waals surface area contributed by atoms with Crippen LogP contribution in [0.2, 0.25) is 5.02 Å². The fourth-order valence-corrected chi connectivity index (χ4v) is 5.52. The third-order valence-electron chi connectivity index (χ3n) is 7.76. The third kappa shape index (κ3) is 12.9. The number of pyridine rings is 1. The van der Waals surface area contributed by atoms with Crippen LogP contribution in [0.5, 0.6) is 5.75 Å². The molecule has 1 heterocycles. The van der Waals surface area contributed by atoms with E-state index >= 15 is 0 Å². The number of carbonyl (C=O) groups excluding carboxylic acids is 2. The number of rotatable bonds is 20. The van der Waals surface area contributed by atoms with E-state index < -0.39 is 5.91 Å². The van der Waals surface area contributed by atoms with Crippen molar-refractivity contribution in [3.63, 3.8) is 0 Å². The largest absolute Gasteiger partial charge is 1.00 e. The fourth-order valence-electron chi connectivity index (χ4n) is 5.28. The van der Waals surface area contributed by atoms with Crippen LogP contribution in [0.15, 0.2) is 72.9 Å². The van der Waals surface area contributed by atoms with Crippen LogP contribution < -0.4 is 33.3 Å². The Morgan fingerprint density at radius 1 is 0.705 bits per heavy atom. The van der Waals surface area contributed by atoms with Crippen molar-refractivity contribution >= 4 is 23.4 Å². The van der Waals surface area contributed by atoms with Gasteiger partial charge in [-0.2, -0.15) is 0 Å². The number of carbonyl (C=O) groups is 2. The normalized spacial score (nSPS) is 10.7. The van der Waals surface area contributed by atoms with E-state index in [0.29, 0.717) is 28.5 Å². The Balaban J connectivity index is 0.00000675. The molecule has 44 heavy (non-hydrogen) atoms. The quantitative estimate of drug-likeness (QED) is 0.0570. The molecule has 0 atom stereocenters. The van der Waals surface area contributed by atoms with E-state index in [9.17, 15) is 9.59 Å². The zero-order valence-corrected chi connectivity index (χ0v) is 29.5. The summed E-state index contributed by atoms with van der Waals surface area (Å²) in [4.78, 5) is 28.7. The van der Waals surface area contributed by atoms with Crippen LogP contribution in [0.4, 0.5) is 0 Å². The van der Waals surface area contributed by atoms with Crippen molar-refractivity contribution in [3.05, 3.63) is 94.8 Å². The molecule has 2 aromatic carbocycles. The lowest BCUT2D eigenvalue weighted by atomic mass is 10.1. The zero-order chi connectivity index (χ0) is 30.7. The number of imide groups is 1. The van der Waals surface area contributed by atoms with Gasteiger partial charge in [0.05, 0.1) is 11.6 Å². The molecule has 0 unspecified atom stereocenters. The Hall–Kier alpha value is -2.45. The average molecular weight is 733 g/mol. The van der Waals surface area contributed by atoms with E-state index in [0.717, 1.165) is 31.5 Å². The molecule has 0 spiro atoms. The molecule has 0 radical (unpaired) electrons. The molecule has 7 heteroatoms. The molecule has 0 aliphatic heterocycles. The first kappa shape index (κ1) is 37.7. The van der Waals surface area contributed by atoms with Crippen LogP contribution in [-0.4, -0.2) is 23.3 Å². The predicted octanol–water partition coefficient (Wildman–Crippen LogP) is 6.60. The molecule has 0 N–H and O–H groups in total. The minimum absolute atomic E-state index is 0. The van der Waals surface area contributed by atoms with Gasteiger partial charge in [-0.25, -0.2) is 4.57 Å². The number of ether oxygens (including phenoxy) is 1. The van der Waals surface area contributed by atoms with Crippen molar-refractivity contribution in [2.24, 2.45) is 0 Å². The van der Waals surface area contributed by atoms with Crippen molar-refractivity contribution in [2.75, 3.05) is 6.61 Å². The van der Waals surface area contributed by atoms with Crippen LogP contribution >= 0.6 is 11.6 Å². The van der Waals surface area contributed by atoms with E-state index in [4.69, 9.17) is 16.3 Å². The highest BCUT2D eigenvalue weighted by molar-refractivity contribution is 6.32. The maximum atomic E-state index is 13.8. The summed E-state index contributed by atoms with van der Waals surface area (Å²) in [7, 11) is 0. The molecule has 0 aliphatic carbocycles. The van der Waals surface area contributed by atoms with Crippen molar-refractivity contribution in [1.82, 2.24) is 4.90 Å². The SMILES string of the molecule is CCCCCCCCCCCCCCOc1ccc(C(=O)N(Cc2cccc[n+]2CCC)C(=O)c2ccccc2)cc1Cl.[I-]. The summed E-state index contributed by atoms with van der Waals surface area (Å²) in [6.07, 6.45) is 18.4. The average Bonchev–Trinajstić information content (AvgIpc) is 3.03. The van der Waals surface area contributed by atoms with Crippen LogP contribution in [-0.2, 0) is 13.1 Å². The highest BCUT2D eigenvalue weighted by Gasteiger charge is 2.28. The molecule has 0 saturated heterocycles. The summed E-state index contributed by atoms with van der Waals surface area (Å²) in [5, 5.41) is 0.373. The van der Waals surface area contributed by atoms with E-state index in [1.807, 2.05) is 30.5 Å². The number of amides is 2. The van der Waals surface area contributed by atoms with Gasteiger partial charge in [-0.3, -0.25) is 14.5 Å². The lowest BCUT2D eigenvalue weighted by Gasteiger charge is -2.21. The highest BCUT2D eigenvalue weighted by atomic mass is 127. The maximum Gasteiger partial charge on any atom is 0.261 e. The molecule has 0 bridgehead atoms. The Kier molecular flexibility index (Phi) is 19.0. The molecule has 240 valence electrons. The van der Waals surface area contributed by atoms with E-state index in [-0.39, 0.29) is 36.4 Å². The topological polar surface area (TPSA) is 50.5 Å². The maximum absolute atomic E-state index is 13.8. The molecule has 0 aliphatic rings. The minimum atomic E-state index is -0.393.